The van der Waals surface area contributed by atoms with Crippen molar-refractivity contribution in [1.82, 2.24) is 4.98 Å². The molecule has 1 aromatic rings. The van der Waals surface area contributed by atoms with Crippen molar-refractivity contribution in [3.8, 4) is 11.5 Å². The minimum absolute atomic E-state index is 0.0286. The summed E-state index contributed by atoms with van der Waals surface area (Å²) in [5.74, 6) is -1.11. The highest BCUT2D eigenvalue weighted by Crippen LogP contribution is 2.38. The molecule has 0 radical (unpaired) electrons. The van der Waals surface area contributed by atoms with Crippen LogP contribution in [-0.2, 0) is 4.74 Å². The summed E-state index contributed by atoms with van der Waals surface area (Å²) in [7, 11) is 2.50. The van der Waals surface area contributed by atoms with Gasteiger partial charge in [-0.25, -0.2) is 18.6 Å². The van der Waals surface area contributed by atoms with Gasteiger partial charge in [0.25, 0.3) is 6.43 Å². The lowest BCUT2D eigenvalue weighted by atomic mass is 10.1. The quantitative estimate of drug-likeness (QED) is 0.760. The Morgan fingerprint density at radius 3 is 2.50 bits per heavy atom. The number of halogens is 2. The number of carbonyl (C=O) groups excluding carboxylic acids is 1. The number of methoxy groups -OCH3 is 2. The summed E-state index contributed by atoms with van der Waals surface area (Å²) in [4.78, 5) is 15.2. The summed E-state index contributed by atoms with van der Waals surface area (Å²) in [6, 6.07) is 0. The second-order valence-corrected chi connectivity index (χ2v) is 3.14. The molecule has 0 amide bonds. The van der Waals surface area contributed by atoms with Crippen LogP contribution in [0.5, 0.6) is 11.5 Å². The zero-order valence-electron chi connectivity index (χ0n) is 10.2. The lowest BCUT2D eigenvalue weighted by Crippen LogP contribution is -2.12. The lowest BCUT2D eigenvalue weighted by molar-refractivity contribution is 0.0505. The van der Waals surface area contributed by atoms with Crippen LogP contribution in [-0.4, -0.2) is 31.8 Å². The molecule has 0 saturated carbocycles. The highest BCUT2D eigenvalue weighted by Gasteiger charge is 2.28. The maximum Gasteiger partial charge on any atom is 0.357 e. The molecule has 0 N–H and O–H groups in total. The first-order valence-corrected chi connectivity index (χ1v) is 5.12. The Kier molecular flexibility index (Phi) is 4.82. The summed E-state index contributed by atoms with van der Waals surface area (Å²) >= 11 is 0. The normalized spacial score (nSPS) is 10.3. The molecule has 100 valence electrons. The van der Waals surface area contributed by atoms with E-state index in [1.54, 1.807) is 6.92 Å². The summed E-state index contributed by atoms with van der Waals surface area (Å²) in [6.07, 6.45) is -1.79. The third kappa shape index (κ3) is 2.66. The Morgan fingerprint density at radius 1 is 1.39 bits per heavy atom. The van der Waals surface area contributed by atoms with Crippen LogP contribution in [0.1, 0.15) is 29.4 Å². The van der Waals surface area contributed by atoms with Crippen molar-refractivity contribution >= 4 is 5.97 Å². The number of esters is 1. The number of aromatic nitrogens is 1. The highest BCUT2D eigenvalue weighted by molar-refractivity contribution is 5.90. The number of ether oxygens (including phenoxy) is 3. The van der Waals surface area contributed by atoms with E-state index in [1.165, 1.54) is 14.2 Å². The fourth-order valence-corrected chi connectivity index (χ4v) is 1.41. The molecule has 0 aliphatic carbocycles. The first kappa shape index (κ1) is 14.1. The summed E-state index contributed by atoms with van der Waals surface area (Å²) in [5.41, 5.74) is -1.10. The van der Waals surface area contributed by atoms with Crippen molar-refractivity contribution in [2.24, 2.45) is 0 Å². The Labute approximate surface area is 103 Å². The Bertz CT molecular complexity index is 437. The fourth-order valence-electron chi connectivity index (χ4n) is 1.41. The van der Waals surface area contributed by atoms with Crippen molar-refractivity contribution in [3.05, 3.63) is 17.5 Å². The first-order valence-electron chi connectivity index (χ1n) is 5.12. The number of hydrogen-bond acceptors (Lipinski definition) is 5. The molecule has 0 unspecified atom stereocenters. The molecule has 0 aromatic carbocycles. The Hall–Kier alpha value is -1.92. The molecule has 0 aliphatic heterocycles. The summed E-state index contributed by atoms with van der Waals surface area (Å²) < 4.78 is 40.4. The molecule has 0 atom stereocenters. The zero-order chi connectivity index (χ0) is 13.7. The molecule has 0 aliphatic rings. The van der Waals surface area contributed by atoms with Crippen molar-refractivity contribution in [3.63, 3.8) is 0 Å². The molecule has 0 fully saturated rings. The number of hydrogen-bond donors (Lipinski definition) is 0. The van der Waals surface area contributed by atoms with Crippen LogP contribution in [0.25, 0.3) is 0 Å². The second kappa shape index (κ2) is 6.13. The summed E-state index contributed by atoms with van der Waals surface area (Å²) in [5, 5.41) is 0. The van der Waals surface area contributed by atoms with Gasteiger partial charge in [0.05, 0.1) is 32.6 Å². The van der Waals surface area contributed by atoms with Gasteiger partial charge in [0.15, 0.2) is 17.2 Å². The third-order valence-corrected chi connectivity index (χ3v) is 2.15. The number of alkyl halides is 2. The van der Waals surface area contributed by atoms with E-state index in [0.717, 1.165) is 6.20 Å². The van der Waals surface area contributed by atoms with Crippen molar-refractivity contribution in [2.75, 3.05) is 20.8 Å². The minimum atomic E-state index is -2.93. The minimum Gasteiger partial charge on any atom is -0.492 e. The van der Waals surface area contributed by atoms with Crippen LogP contribution in [0.15, 0.2) is 6.20 Å². The maximum absolute atomic E-state index is 13.0. The Morgan fingerprint density at radius 2 is 2.06 bits per heavy atom. The van der Waals surface area contributed by atoms with Crippen LogP contribution in [0.2, 0.25) is 0 Å². The van der Waals surface area contributed by atoms with E-state index in [9.17, 15) is 13.6 Å². The SMILES string of the molecule is CCOC(=O)c1ncc(OC)c(OC)c1C(F)F. The number of rotatable bonds is 5. The molecule has 0 saturated heterocycles. The van der Waals surface area contributed by atoms with Crippen LogP contribution >= 0.6 is 0 Å². The molecule has 1 aromatic heterocycles. The smallest absolute Gasteiger partial charge is 0.357 e. The standard InChI is InChI=1S/C11H13F2NO4/c1-4-18-11(15)8-7(10(12)13)9(17-3)6(16-2)5-14-8/h5,10H,4H2,1-3H3. The Balaban J connectivity index is 3.39. The summed E-state index contributed by atoms with van der Waals surface area (Å²) in [6.45, 7) is 1.64. The van der Waals surface area contributed by atoms with Crippen LogP contribution < -0.4 is 9.47 Å². The van der Waals surface area contributed by atoms with E-state index >= 15 is 0 Å². The van der Waals surface area contributed by atoms with Gasteiger partial charge >= 0.3 is 5.97 Å². The van der Waals surface area contributed by atoms with E-state index in [-0.39, 0.29) is 18.1 Å². The second-order valence-electron chi connectivity index (χ2n) is 3.14. The van der Waals surface area contributed by atoms with Gasteiger partial charge in [0.1, 0.15) is 0 Å². The highest BCUT2D eigenvalue weighted by atomic mass is 19.3. The lowest BCUT2D eigenvalue weighted by Gasteiger charge is -2.14. The third-order valence-electron chi connectivity index (χ3n) is 2.15. The van der Waals surface area contributed by atoms with Crippen molar-refractivity contribution in [2.45, 2.75) is 13.3 Å². The molecule has 5 nitrogen and oxygen atoms in total. The van der Waals surface area contributed by atoms with E-state index in [2.05, 4.69) is 9.72 Å². The molecule has 1 heterocycles. The molecule has 18 heavy (non-hydrogen) atoms. The van der Waals surface area contributed by atoms with Gasteiger partial charge < -0.3 is 14.2 Å². The van der Waals surface area contributed by atoms with Gasteiger partial charge in [-0.3, -0.25) is 0 Å². The molecular weight excluding hydrogens is 248 g/mol. The van der Waals surface area contributed by atoms with Gasteiger partial charge in [0.2, 0.25) is 0 Å². The molecule has 7 heteroatoms. The number of pyridine rings is 1. The van der Waals surface area contributed by atoms with Crippen molar-refractivity contribution < 1.29 is 27.8 Å². The van der Waals surface area contributed by atoms with Crippen LogP contribution in [0.4, 0.5) is 8.78 Å². The average molecular weight is 261 g/mol. The largest absolute Gasteiger partial charge is 0.492 e. The van der Waals surface area contributed by atoms with Crippen molar-refractivity contribution in [1.29, 1.82) is 0 Å². The molecule has 0 spiro atoms. The van der Waals surface area contributed by atoms with Gasteiger partial charge in [0, 0.05) is 0 Å². The maximum atomic E-state index is 13.0. The number of carbonyl (C=O) groups is 1. The van der Waals surface area contributed by atoms with E-state index in [0.29, 0.717) is 0 Å². The van der Waals surface area contributed by atoms with Gasteiger partial charge in [-0.1, -0.05) is 0 Å². The molecular formula is C11H13F2NO4. The molecule has 0 bridgehead atoms. The molecule has 1 rings (SSSR count). The van der Waals surface area contributed by atoms with E-state index in [1.807, 2.05) is 0 Å². The van der Waals surface area contributed by atoms with E-state index < -0.39 is 23.7 Å². The predicted octanol–water partition coefficient (Wildman–Crippen LogP) is 2.21. The average Bonchev–Trinajstić information content (AvgIpc) is 2.36. The topological polar surface area (TPSA) is 57.7 Å². The fraction of sp³-hybridized carbons (Fsp3) is 0.455. The number of nitrogens with zero attached hydrogens (tertiary/aromatic N) is 1. The van der Waals surface area contributed by atoms with Gasteiger partial charge in [-0.05, 0) is 6.92 Å². The van der Waals surface area contributed by atoms with Gasteiger partial charge in [-0.2, -0.15) is 0 Å². The monoisotopic (exact) mass is 261 g/mol. The first-order chi connectivity index (χ1) is 8.56. The van der Waals surface area contributed by atoms with Gasteiger partial charge in [-0.15, -0.1) is 0 Å². The van der Waals surface area contributed by atoms with Crippen LogP contribution in [0.3, 0.4) is 0 Å². The van der Waals surface area contributed by atoms with Crippen LogP contribution in [0, 0.1) is 0 Å². The van der Waals surface area contributed by atoms with E-state index in [4.69, 9.17) is 9.47 Å². The predicted molar refractivity (Wildman–Crippen MR) is 58.3 cm³/mol. The zero-order valence-corrected chi connectivity index (χ0v) is 10.2.